The Morgan fingerprint density at radius 1 is 1.29 bits per heavy atom. The van der Waals surface area contributed by atoms with Crippen LogP contribution in [0.25, 0.3) is 0 Å². The fourth-order valence-electron chi connectivity index (χ4n) is 1.58. The summed E-state index contributed by atoms with van der Waals surface area (Å²) in [5, 5.41) is 3.32. The van der Waals surface area contributed by atoms with Gasteiger partial charge in [-0.05, 0) is 43.0 Å². The average molecular weight is 251 g/mol. The highest BCUT2D eigenvalue weighted by atomic mass is 32.2. The number of rotatable bonds is 8. The van der Waals surface area contributed by atoms with Crippen molar-refractivity contribution in [3.05, 3.63) is 29.8 Å². The van der Waals surface area contributed by atoms with Crippen LogP contribution in [-0.2, 0) is 11.3 Å². The largest absolute Gasteiger partial charge is 0.370 e. The van der Waals surface area contributed by atoms with Crippen LogP contribution in [-0.4, -0.2) is 19.1 Å². The Labute approximate surface area is 108 Å². The Bertz CT molecular complexity index is 321. The summed E-state index contributed by atoms with van der Waals surface area (Å²) in [4.78, 5) is 1.29. The van der Waals surface area contributed by atoms with Gasteiger partial charge < -0.3 is 10.1 Å². The lowest BCUT2D eigenvalue weighted by Gasteiger charge is -2.05. The van der Waals surface area contributed by atoms with Gasteiger partial charge >= 0.3 is 0 Å². The molecule has 0 atom stereocenters. The third-order valence-electron chi connectivity index (χ3n) is 2.86. The standard InChI is InChI=1S/C14H21NOS/c1-2-15-9-12-5-7-14(8-6-12)17-11-16-10-13-3-4-13/h5-8,13,15H,2-4,9-11H2,1H3. The lowest BCUT2D eigenvalue weighted by molar-refractivity contribution is 0.171. The predicted octanol–water partition coefficient (Wildman–Crippen LogP) is 3.27. The van der Waals surface area contributed by atoms with Crippen LogP contribution in [0, 0.1) is 5.92 Å². The van der Waals surface area contributed by atoms with E-state index in [2.05, 4.69) is 36.5 Å². The van der Waals surface area contributed by atoms with Crippen molar-refractivity contribution in [2.24, 2.45) is 5.92 Å². The third-order valence-corrected chi connectivity index (χ3v) is 3.75. The molecule has 94 valence electrons. The molecule has 1 aliphatic carbocycles. The summed E-state index contributed by atoms with van der Waals surface area (Å²) in [6, 6.07) is 8.73. The third kappa shape index (κ3) is 5.11. The lowest BCUT2D eigenvalue weighted by atomic mass is 10.2. The molecule has 0 aromatic heterocycles. The molecule has 2 rings (SSSR count). The highest BCUT2D eigenvalue weighted by Gasteiger charge is 2.20. The first-order valence-corrected chi connectivity index (χ1v) is 7.37. The van der Waals surface area contributed by atoms with Gasteiger partial charge in [0.15, 0.2) is 0 Å². The van der Waals surface area contributed by atoms with Crippen molar-refractivity contribution in [3.8, 4) is 0 Å². The molecule has 3 heteroatoms. The zero-order valence-electron chi connectivity index (χ0n) is 10.4. The van der Waals surface area contributed by atoms with Gasteiger partial charge in [-0.25, -0.2) is 0 Å². The molecule has 17 heavy (non-hydrogen) atoms. The number of benzene rings is 1. The number of nitrogens with one attached hydrogen (secondary N) is 1. The van der Waals surface area contributed by atoms with Crippen LogP contribution < -0.4 is 5.32 Å². The van der Waals surface area contributed by atoms with Crippen LogP contribution >= 0.6 is 11.8 Å². The number of hydrogen-bond acceptors (Lipinski definition) is 3. The average Bonchev–Trinajstić information content (AvgIpc) is 3.18. The van der Waals surface area contributed by atoms with Gasteiger partial charge in [0.25, 0.3) is 0 Å². The minimum atomic E-state index is 0.781. The Kier molecular flexibility index (Phi) is 5.36. The van der Waals surface area contributed by atoms with Crippen LogP contribution in [0.2, 0.25) is 0 Å². The Morgan fingerprint density at radius 3 is 2.71 bits per heavy atom. The van der Waals surface area contributed by atoms with E-state index in [9.17, 15) is 0 Å². The van der Waals surface area contributed by atoms with Gasteiger partial charge in [0, 0.05) is 11.4 Å². The van der Waals surface area contributed by atoms with E-state index in [0.717, 1.165) is 31.6 Å². The van der Waals surface area contributed by atoms with E-state index >= 15 is 0 Å². The topological polar surface area (TPSA) is 21.3 Å². The van der Waals surface area contributed by atoms with Crippen molar-refractivity contribution < 1.29 is 4.74 Å². The monoisotopic (exact) mass is 251 g/mol. The first-order valence-electron chi connectivity index (χ1n) is 6.38. The van der Waals surface area contributed by atoms with Crippen molar-refractivity contribution in [2.45, 2.75) is 31.2 Å². The summed E-state index contributed by atoms with van der Waals surface area (Å²) in [6.45, 7) is 5.05. The van der Waals surface area contributed by atoms with Crippen LogP contribution in [0.15, 0.2) is 29.2 Å². The molecule has 1 saturated carbocycles. The van der Waals surface area contributed by atoms with E-state index in [1.807, 2.05) is 0 Å². The normalized spacial score (nSPS) is 15.1. The molecule has 0 unspecified atom stereocenters. The Hall–Kier alpha value is -0.510. The predicted molar refractivity (Wildman–Crippen MR) is 73.2 cm³/mol. The molecular formula is C14H21NOS. The summed E-state index contributed by atoms with van der Waals surface area (Å²) in [5.74, 6) is 1.64. The highest BCUT2D eigenvalue weighted by Crippen LogP contribution is 2.29. The zero-order valence-corrected chi connectivity index (χ0v) is 11.3. The molecule has 1 aliphatic rings. The van der Waals surface area contributed by atoms with E-state index in [4.69, 9.17) is 4.74 Å². The zero-order chi connectivity index (χ0) is 11.9. The van der Waals surface area contributed by atoms with Crippen LogP contribution in [0.4, 0.5) is 0 Å². The van der Waals surface area contributed by atoms with E-state index in [-0.39, 0.29) is 0 Å². The molecule has 1 aromatic rings. The molecule has 0 saturated heterocycles. The summed E-state index contributed by atoms with van der Waals surface area (Å²) in [5.41, 5.74) is 1.34. The maximum atomic E-state index is 5.61. The molecule has 0 heterocycles. The summed E-state index contributed by atoms with van der Waals surface area (Å²) in [6.07, 6.45) is 2.73. The molecule has 0 radical (unpaired) electrons. The molecule has 0 amide bonds. The van der Waals surface area contributed by atoms with Crippen LogP contribution in [0.1, 0.15) is 25.3 Å². The second-order valence-corrected chi connectivity index (χ2v) is 5.50. The van der Waals surface area contributed by atoms with E-state index in [1.165, 1.54) is 23.3 Å². The Balaban J connectivity index is 1.65. The molecule has 1 aromatic carbocycles. The van der Waals surface area contributed by atoms with Gasteiger partial charge in [0.2, 0.25) is 0 Å². The Morgan fingerprint density at radius 2 is 2.06 bits per heavy atom. The summed E-state index contributed by atoms with van der Waals surface area (Å²) < 4.78 is 5.61. The maximum Gasteiger partial charge on any atom is 0.0967 e. The summed E-state index contributed by atoms with van der Waals surface area (Å²) >= 11 is 1.78. The van der Waals surface area contributed by atoms with Crippen LogP contribution in [0.3, 0.4) is 0 Å². The van der Waals surface area contributed by atoms with Crippen molar-refractivity contribution in [3.63, 3.8) is 0 Å². The first kappa shape index (κ1) is 12.9. The molecule has 0 aliphatic heterocycles. The van der Waals surface area contributed by atoms with Crippen molar-refractivity contribution in [2.75, 3.05) is 19.1 Å². The second kappa shape index (κ2) is 7.04. The van der Waals surface area contributed by atoms with Crippen molar-refractivity contribution in [1.29, 1.82) is 0 Å². The fourth-order valence-corrected chi connectivity index (χ4v) is 2.23. The number of hydrogen-bond donors (Lipinski definition) is 1. The molecule has 2 nitrogen and oxygen atoms in total. The maximum absolute atomic E-state index is 5.61. The number of thioether (sulfide) groups is 1. The number of ether oxygens (including phenoxy) is 1. The van der Waals surface area contributed by atoms with Gasteiger partial charge in [-0.3, -0.25) is 0 Å². The van der Waals surface area contributed by atoms with Crippen molar-refractivity contribution in [1.82, 2.24) is 5.32 Å². The van der Waals surface area contributed by atoms with Gasteiger partial charge in [0.1, 0.15) is 0 Å². The lowest BCUT2D eigenvalue weighted by Crippen LogP contribution is -2.11. The van der Waals surface area contributed by atoms with Crippen LogP contribution in [0.5, 0.6) is 0 Å². The minimum Gasteiger partial charge on any atom is -0.370 e. The molecule has 0 bridgehead atoms. The van der Waals surface area contributed by atoms with Gasteiger partial charge in [-0.2, -0.15) is 0 Å². The smallest absolute Gasteiger partial charge is 0.0967 e. The molecular weight excluding hydrogens is 230 g/mol. The van der Waals surface area contributed by atoms with E-state index in [1.54, 1.807) is 11.8 Å². The molecule has 1 fully saturated rings. The molecule has 1 N–H and O–H groups in total. The minimum absolute atomic E-state index is 0.781. The van der Waals surface area contributed by atoms with Gasteiger partial charge in [-0.1, -0.05) is 30.8 Å². The van der Waals surface area contributed by atoms with Gasteiger partial charge in [0.05, 0.1) is 12.5 Å². The SMILES string of the molecule is CCNCc1ccc(SCOCC2CC2)cc1. The first-order chi connectivity index (χ1) is 8.38. The second-order valence-electron chi connectivity index (χ2n) is 4.50. The van der Waals surface area contributed by atoms with Gasteiger partial charge in [-0.15, -0.1) is 0 Å². The molecule has 0 spiro atoms. The van der Waals surface area contributed by atoms with Crippen molar-refractivity contribution >= 4 is 11.8 Å². The fraction of sp³-hybridized carbons (Fsp3) is 0.571. The quantitative estimate of drug-likeness (QED) is 0.435. The van der Waals surface area contributed by atoms with E-state index < -0.39 is 0 Å². The van der Waals surface area contributed by atoms with E-state index in [0.29, 0.717) is 0 Å². The highest BCUT2D eigenvalue weighted by molar-refractivity contribution is 7.99. The summed E-state index contributed by atoms with van der Waals surface area (Å²) in [7, 11) is 0.